The lowest BCUT2D eigenvalue weighted by Gasteiger charge is -2.17. The molecule has 0 aromatic rings. The van der Waals surface area contributed by atoms with Crippen LogP contribution < -0.4 is 0 Å². The number of rotatable bonds is 14. The summed E-state index contributed by atoms with van der Waals surface area (Å²) in [5.41, 5.74) is 0.438. The summed E-state index contributed by atoms with van der Waals surface area (Å²) in [7, 11) is 1.67. The van der Waals surface area contributed by atoms with Gasteiger partial charge in [0.1, 0.15) is 0 Å². The highest BCUT2D eigenvalue weighted by molar-refractivity contribution is 7.99. The van der Waals surface area contributed by atoms with E-state index in [0.29, 0.717) is 45.1 Å². The first-order valence-corrected chi connectivity index (χ1v) is 8.51. The molecule has 0 aliphatic heterocycles. The summed E-state index contributed by atoms with van der Waals surface area (Å²) in [6.45, 7) is 11.4. The van der Waals surface area contributed by atoms with Crippen LogP contribution in [0.1, 0.15) is 27.2 Å². The maximum atomic E-state index is 5.50. The normalized spacial score (nSPS) is 12.0. The first-order valence-electron chi connectivity index (χ1n) is 7.36. The molecule has 0 saturated heterocycles. The molecule has 5 heteroatoms. The molecule has 0 bridgehead atoms. The van der Waals surface area contributed by atoms with Crippen molar-refractivity contribution in [2.75, 3.05) is 64.9 Å². The maximum Gasteiger partial charge on any atom is 0.0701 e. The topological polar surface area (TPSA) is 36.9 Å². The van der Waals surface area contributed by atoms with Crippen molar-refractivity contribution in [3.05, 3.63) is 0 Å². The van der Waals surface area contributed by atoms with Gasteiger partial charge in [0, 0.05) is 12.9 Å². The first kappa shape index (κ1) is 20.2. The highest BCUT2D eigenvalue weighted by Gasteiger charge is 2.08. The van der Waals surface area contributed by atoms with E-state index in [-0.39, 0.29) is 0 Å². The van der Waals surface area contributed by atoms with Gasteiger partial charge >= 0.3 is 0 Å². The van der Waals surface area contributed by atoms with E-state index in [2.05, 4.69) is 20.8 Å². The molecule has 0 saturated carbocycles. The molecule has 0 aromatic heterocycles. The molecular weight excluding hydrogens is 276 g/mol. The van der Waals surface area contributed by atoms with E-state index in [1.807, 2.05) is 11.8 Å². The van der Waals surface area contributed by atoms with Gasteiger partial charge in [0.25, 0.3) is 0 Å². The molecule has 0 rings (SSSR count). The lowest BCUT2D eigenvalue weighted by Crippen LogP contribution is -2.12. The van der Waals surface area contributed by atoms with Crippen LogP contribution in [-0.4, -0.2) is 64.9 Å². The molecule has 0 unspecified atom stereocenters. The highest BCUT2D eigenvalue weighted by Crippen LogP contribution is 2.21. The molecule has 20 heavy (non-hydrogen) atoms. The van der Waals surface area contributed by atoms with E-state index < -0.39 is 0 Å². The van der Waals surface area contributed by atoms with Gasteiger partial charge in [-0.3, -0.25) is 0 Å². The SMILES string of the molecule is COCCOCCOCCOCCSCCC(C)(C)C. The Bertz CT molecular complexity index is 195. The Labute approximate surface area is 128 Å². The number of methoxy groups -OCH3 is 1. The van der Waals surface area contributed by atoms with Crippen LogP contribution in [0.15, 0.2) is 0 Å². The zero-order valence-corrected chi connectivity index (χ0v) is 14.4. The largest absolute Gasteiger partial charge is 0.382 e. The molecule has 4 nitrogen and oxygen atoms in total. The van der Waals surface area contributed by atoms with Crippen LogP contribution in [0.25, 0.3) is 0 Å². The second kappa shape index (κ2) is 14.1. The van der Waals surface area contributed by atoms with Gasteiger partial charge in [-0.2, -0.15) is 11.8 Å². The molecular formula is C15H32O4S. The fourth-order valence-corrected chi connectivity index (χ4v) is 2.48. The Morgan fingerprint density at radius 3 is 1.70 bits per heavy atom. The quantitative estimate of drug-likeness (QED) is 0.461. The minimum absolute atomic E-state index is 0.438. The lowest BCUT2D eigenvalue weighted by molar-refractivity contribution is 0.00565. The predicted octanol–water partition coefficient (Wildman–Crippen LogP) is 2.85. The van der Waals surface area contributed by atoms with Gasteiger partial charge < -0.3 is 18.9 Å². The minimum Gasteiger partial charge on any atom is -0.382 e. The number of hydrogen-bond acceptors (Lipinski definition) is 5. The van der Waals surface area contributed by atoms with Crippen molar-refractivity contribution in [1.82, 2.24) is 0 Å². The van der Waals surface area contributed by atoms with Crippen molar-refractivity contribution in [2.24, 2.45) is 5.41 Å². The van der Waals surface area contributed by atoms with Gasteiger partial charge in [0.15, 0.2) is 0 Å². The van der Waals surface area contributed by atoms with E-state index in [0.717, 1.165) is 12.4 Å². The van der Waals surface area contributed by atoms with Crippen molar-refractivity contribution in [1.29, 1.82) is 0 Å². The zero-order chi connectivity index (χ0) is 15.1. The summed E-state index contributed by atoms with van der Waals surface area (Å²) in [5, 5.41) is 0. The molecule has 0 aromatic carbocycles. The van der Waals surface area contributed by atoms with Crippen molar-refractivity contribution in [3.8, 4) is 0 Å². The third-order valence-electron chi connectivity index (χ3n) is 2.54. The van der Waals surface area contributed by atoms with Gasteiger partial charge in [-0.1, -0.05) is 20.8 Å². The highest BCUT2D eigenvalue weighted by atomic mass is 32.2. The second-order valence-electron chi connectivity index (χ2n) is 5.75. The Hall–Kier alpha value is 0.190. The zero-order valence-electron chi connectivity index (χ0n) is 13.6. The number of thioether (sulfide) groups is 1. The Morgan fingerprint density at radius 2 is 1.20 bits per heavy atom. The fraction of sp³-hybridized carbons (Fsp3) is 1.00. The van der Waals surface area contributed by atoms with E-state index >= 15 is 0 Å². The third-order valence-corrected chi connectivity index (χ3v) is 3.49. The first-order chi connectivity index (χ1) is 9.56. The predicted molar refractivity (Wildman–Crippen MR) is 85.7 cm³/mol. The van der Waals surface area contributed by atoms with Crippen molar-refractivity contribution >= 4 is 11.8 Å². The van der Waals surface area contributed by atoms with Crippen LogP contribution in [-0.2, 0) is 18.9 Å². The monoisotopic (exact) mass is 308 g/mol. The molecule has 0 spiro atoms. The second-order valence-corrected chi connectivity index (χ2v) is 6.98. The Kier molecular flexibility index (Phi) is 14.3. The summed E-state index contributed by atoms with van der Waals surface area (Å²) in [6, 6.07) is 0. The van der Waals surface area contributed by atoms with Crippen LogP contribution in [0.3, 0.4) is 0 Å². The summed E-state index contributed by atoms with van der Waals surface area (Å²) >= 11 is 1.96. The van der Waals surface area contributed by atoms with Gasteiger partial charge in [-0.05, 0) is 17.6 Å². The average molecular weight is 308 g/mol. The van der Waals surface area contributed by atoms with Crippen LogP contribution in [0.4, 0.5) is 0 Å². The fourth-order valence-electron chi connectivity index (χ4n) is 1.28. The smallest absolute Gasteiger partial charge is 0.0701 e. The van der Waals surface area contributed by atoms with E-state index in [1.54, 1.807) is 7.11 Å². The van der Waals surface area contributed by atoms with E-state index in [4.69, 9.17) is 18.9 Å². The molecule has 0 aliphatic rings. The van der Waals surface area contributed by atoms with Gasteiger partial charge in [0.05, 0.1) is 46.2 Å². The van der Waals surface area contributed by atoms with Crippen molar-refractivity contribution in [3.63, 3.8) is 0 Å². The van der Waals surface area contributed by atoms with Crippen LogP contribution in [0.2, 0.25) is 0 Å². The van der Waals surface area contributed by atoms with Crippen molar-refractivity contribution < 1.29 is 18.9 Å². The Balaban J connectivity index is 2.99. The molecule has 0 fully saturated rings. The average Bonchev–Trinajstić information content (AvgIpc) is 2.38. The third kappa shape index (κ3) is 18.2. The molecule has 0 heterocycles. The van der Waals surface area contributed by atoms with E-state index in [1.165, 1.54) is 12.2 Å². The summed E-state index contributed by atoms with van der Waals surface area (Å²) in [5.74, 6) is 2.28. The summed E-state index contributed by atoms with van der Waals surface area (Å²) in [4.78, 5) is 0. The van der Waals surface area contributed by atoms with Gasteiger partial charge in [0.2, 0.25) is 0 Å². The van der Waals surface area contributed by atoms with Crippen molar-refractivity contribution in [2.45, 2.75) is 27.2 Å². The van der Waals surface area contributed by atoms with Gasteiger partial charge in [-0.15, -0.1) is 0 Å². The maximum absolute atomic E-state index is 5.50. The molecule has 122 valence electrons. The standard InChI is InChI=1S/C15H32O4S/c1-15(2,3)5-13-20-14-12-19-11-10-18-9-8-17-7-6-16-4/h5-14H2,1-4H3. The number of ether oxygens (including phenoxy) is 4. The molecule has 0 atom stereocenters. The van der Waals surface area contributed by atoms with E-state index in [9.17, 15) is 0 Å². The van der Waals surface area contributed by atoms with Crippen LogP contribution >= 0.6 is 11.8 Å². The molecule has 0 N–H and O–H groups in total. The summed E-state index contributed by atoms with van der Waals surface area (Å²) in [6.07, 6.45) is 1.25. The minimum atomic E-state index is 0.438. The summed E-state index contributed by atoms with van der Waals surface area (Å²) < 4.78 is 21.0. The lowest BCUT2D eigenvalue weighted by atomic mass is 9.94. The molecule has 0 radical (unpaired) electrons. The van der Waals surface area contributed by atoms with Crippen LogP contribution in [0, 0.1) is 5.41 Å². The van der Waals surface area contributed by atoms with Gasteiger partial charge in [-0.25, -0.2) is 0 Å². The Morgan fingerprint density at radius 1 is 0.700 bits per heavy atom. The molecule has 0 amide bonds. The number of hydrogen-bond donors (Lipinski definition) is 0. The molecule has 0 aliphatic carbocycles. The van der Waals surface area contributed by atoms with Crippen LogP contribution in [0.5, 0.6) is 0 Å².